The van der Waals surface area contributed by atoms with Crippen molar-refractivity contribution in [1.29, 1.82) is 0 Å². The van der Waals surface area contributed by atoms with Crippen molar-refractivity contribution in [2.45, 2.75) is 63.9 Å². The number of thiophene rings is 1. The van der Waals surface area contributed by atoms with Crippen LogP contribution >= 0.6 is 11.3 Å². The first-order chi connectivity index (χ1) is 8.84. The minimum absolute atomic E-state index is 0.321. The second kappa shape index (κ2) is 5.58. The van der Waals surface area contributed by atoms with E-state index in [9.17, 15) is 5.11 Å². The molecule has 1 heterocycles. The molecule has 0 fully saturated rings. The number of allylic oxidation sites excluding steroid dienone is 1. The van der Waals surface area contributed by atoms with Crippen LogP contribution in [0, 0.1) is 0 Å². The Morgan fingerprint density at radius 1 is 1.00 bits per heavy atom. The summed E-state index contributed by atoms with van der Waals surface area (Å²) in [5.41, 5.74) is 2.77. The van der Waals surface area contributed by atoms with E-state index in [0.717, 1.165) is 12.8 Å². The molecule has 0 aliphatic heterocycles. The number of fused-ring (bicyclic) bond motifs is 1. The largest absolute Gasteiger partial charge is 0.383 e. The zero-order chi connectivity index (χ0) is 12.4. The first-order valence-corrected chi connectivity index (χ1v) is 8.15. The highest BCUT2D eigenvalue weighted by atomic mass is 32.1. The van der Waals surface area contributed by atoms with Crippen molar-refractivity contribution >= 4 is 11.3 Å². The van der Waals surface area contributed by atoms with Crippen LogP contribution in [-0.4, -0.2) is 5.11 Å². The van der Waals surface area contributed by atoms with Crippen LogP contribution < -0.4 is 0 Å². The standard InChI is InChI=1S/C16H22OS/c17-16(12-7-4-2-1-3-5-8-12)15-11-13-9-6-10-14(13)18-15/h7,11,16-17H,1-6,8-10H2. The van der Waals surface area contributed by atoms with Crippen LogP contribution in [0.2, 0.25) is 0 Å². The van der Waals surface area contributed by atoms with Gasteiger partial charge in [0.25, 0.3) is 0 Å². The minimum Gasteiger partial charge on any atom is -0.383 e. The Kier molecular flexibility index (Phi) is 3.86. The third kappa shape index (κ3) is 2.55. The molecular weight excluding hydrogens is 240 g/mol. The van der Waals surface area contributed by atoms with E-state index in [1.165, 1.54) is 65.8 Å². The molecule has 1 N–H and O–H groups in total. The van der Waals surface area contributed by atoms with E-state index in [4.69, 9.17) is 0 Å². The van der Waals surface area contributed by atoms with Crippen molar-refractivity contribution in [3.63, 3.8) is 0 Å². The van der Waals surface area contributed by atoms with Crippen LogP contribution in [0.1, 0.15) is 66.4 Å². The Morgan fingerprint density at radius 2 is 1.89 bits per heavy atom. The second-order valence-corrected chi connectivity index (χ2v) is 6.75. The van der Waals surface area contributed by atoms with E-state index < -0.39 is 0 Å². The zero-order valence-corrected chi connectivity index (χ0v) is 11.8. The summed E-state index contributed by atoms with van der Waals surface area (Å²) >= 11 is 1.84. The van der Waals surface area contributed by atoms with E-state index >= 15 is 0 Å². The number of aryl methyl sites for hydroxylation is 2. The molecule has 1 atom stereocenters. The van der Waals surface area contributed by atoms with Gasteiger partial charge in [-0.2, -0.15) is 0 Å². The highest BCUT2D eigenvalue weighted by Crippen LogP contribution is 2.37. The smallest absolute Gasteiger partial charge is 0.109 e. The Morgan fingerprint density at radius 3 is 2.78 bits per heavy atom. The maximum Gasteiger partial charge on any atom is 0.109 e. The maximum atomic E-state index is 10.6. The quantitative estimate of drug-likeness (QED) is 0.775. The van der Waals surface area contributed by atoms with Crippen molar-refractivity contribution in [1.82, 2.24) is 0 Å². The fourth-order valence-electron chi connectivity index (χ4n) is 3.13. The highest BCUT2D eigenvalue weighted by molar-refractivity contribution is 7.12. The molecule has 2 aliphatic carbocycles. The molecule has 0 aromatic carbocycles. The minimum atomic E-state index is -0.321. The summed E-state index contributed by atoms with van der Waals surface area (Å²) in [7, 11) is 0. The summed E-state index contributed by atoms with van der Waals surface area (Å²) in [5.74, 6) is 0. The molecule has 0 radical (unpaired) electrons. The topological polar surface area (TPSA) is 20.2 Å². The average molecular weight is 262 g/mol. The van der Waals surface area contributed by atoms with Gasteiger partial charge in [0.15, 0.2) is 0 Å². The lowest BCUT2D eigenvalue weighted by atomic mass is 9.95. The van der Waals surface area contributed by atoms with Gasteiger partial charge in [-0.3, -0.25) is 0 Å². The lowest BCUT2D eigenvalue weighted by Gasteiger charge is -2.16. The van der Waals surface area contributed by atoms with E-state index in [1.807, 2.05) is 11.3 Å². The van der Waals surface area contributed by atoms with E-state index in [-0.39, 0.29) is 6.10 Å². The van der Waals surface area contributed by atoms with Crippen LogP contribution in [0.4, 0.5) is 0 Å². The summed E-state index contributed by atoms with van der Waals surface area (Å²) < 4.78 is 0. The molecule has 1 unspecified atom stereocenters. The molecule has 0 bridgehead atoms. The molecule has 3 rings (SSSR count). The van der Waals surface area contributed by atoms with E-state index in [0.29, 0.717) is 0 Å². The number of aliphatic hydroxyl groups excluding tert-OH is 1. The van der Waals surface area contributed by atoms with Crippen LogP contribution in [0.15, 0.2) is 17.7 Å². The second-order valence-electron chi connectivity index (χ2n) is 5.59. The fraction of sp³-hybridized carbons (Fsp3) is 0.625. The molecule has 1 aromatic heterocycles. The van der Waals surface area contributed by atoms with Gasteiger partial charge in [-0.1, -0.05) is 18.9 Å². The van der Waals surface area contributed by atoms with E-state index in [1.54, 1.807) is 0 Å². The van der Waals surface area contributed by atoms with Gasteiger partial charge in [0.1, 0.15) is 6.10 Å². The summed E-state index contributed by atoms with van der Waals surface area (Å²) in [6.07, 6.45) is 13.2. The van der Waals surface area contributed by atoms with Crippen molar-refractivity contribution in [2.75, 3.05) is 0 Å². The monoisotopic (exact) mass is 262 g/mol. The van der Waals surface area contributed by atoms with Gasteiger partial charge in [-0.25, -0.2) is 0 Å². The van der Waals surface area contributed by atoms with Crippen molar-refractivity contribution in [3.05, 3.63) is 33.0 Å². The van der Waals surface area contributed by atoms with E-state index in [2.05, 4.69) is 12.1 Å². The molecule has 0 saturated heterocycles. The van der Waals surface area contributed by atoms with Crippen LogP contribution in [0.25, 0.3) is 0 Å². The van der Waals surface area contributed by atoms with Crippen LogP contribution in [0.5, 0.6) is 0 Å². The molecule has 1 aromatic rings. The molecule has 1 nitrogen and oxygen atoms in total. The fourth-order valence-corrected chi connectivity index (χ4v) is 4.42. The first-order valence-electron chi connectivity index (χ1n) is 7.33. The van der Waals surface area contributed by atoms with Gasteiger partial charge in [0.2, 0.25) is 0 Å². The Labute approximate surface area is 114 Å². The lowest BCUT2D eigenvalue weighted by molar-refractivity contribution is 0.213. The number of hydrogen-bond acceptors (Lipinski definition) is 2. The number of aliphatic hydroxyl groups is 1. The summed E-state index contributed by atoms with van der Waals surface area (Å²) in [6.45, 7) is 0. The normalized spacial score (nSPS) is 21.9. The van der Waals surface area contributed by atoms with Gasteiger partial charge in [-0.05, 0) is 62.1 Å². The SMILES string of the molecule is OC(C1=CCCCCCC1)c1cc2c(s1)CCC2. The third-order valence-electron chi connectivity index (χ3n) is 4.21. The Balaban J connectivity index is 1.77. The predicted octanol–water partition coefficient (Wildman–Crippen LogP) is 4.55. The lowest BCUT2D eigenvalue weighted by Crippen LogP contribution is -2.02. The van der Waals surface area contributed by atoms with Gasteiger partial charge in [0, 0.05) is 9.75 Å². The summed E-state index contributed by atoms with van der Waals surface area (Å²) in [6, 6.07) is 2.26. The Hall–Kier alpha value is -0.600. The van der Waals surface area contributed by atoms with Crippen molar-refractivity contribution in [3.8, 4) is 0 Å². The van der Waals surface area contributed by atoms with Crippen LogP contribution in [0.3, 0.4) is 0 Å². The summed E-state index contributed by atoms with van der Waals surface area (Å²) in [5, 5.41) is 10.6. The van der Waals surface area contributed by atoms with Gasteiger partial charge in [0.05, 0.1) is 0 Å². The molecule has 2 heteroatoms. The average Bonchev–Trinajstić information content (AvgIpc) is 2.87. The third-order valence-corrected chi connectivity index (χ3v) is 5.50. The van der Waals surface area contributed by atoms with Gasteiger partial charge >= 0.3 is 0 Å². The van der Waals surface area contributed by atoms with Gasteiger partial charge < -0.3 is 5.11 Å². The van der Waals surface area contributed by atoms with Crippen molar-refractivity contribution in [2.24, 2.45) is 0 Å². The molecule has 98 valence electrons. The molecule has 2 aliphatic rings. The van der Waals surface area contributed by atoms with Crippen molar-refractivity contribution < 1.29 is 5.11 Å². The molecule has 0 saturated carbocycles. The Bertz CT molecular complexity index is 422. The number of hydrogen-bond donors (Lipinski definition) is 1. The first kappa shape index (κ1) is 12.4. The highest BCUT2D eigenvalue weighted by Gasteiger charge is 2.21. The molecule has 0 amide bonds. The maximum absolute atomic E-state index is 10.6. The zero-order valence-electron chi connectivity index (χ0n) is 11.0. The molecule has 18 heavy (non-hydrogen) atoms. The van der Waals surface area contributed by atoms with Gasteiger partial charge in [-0.15, -0.1) is 11.3 Å². The molecule has 0 spiro atoms. The summed E-state index contributed by atoms with van der Waals surface area (Å²) in [4.78, 5) is 2.71. The number of rotatable bonds is 2. The van der Waals surface area contributed by atoms with Crippen LogP contribution in [-0.2, 0) is 12.8 Å². The molecular formula is C16H22OS. The predicted molar refractivity (Wildman–Crippen MR) is 77.1 cm³/mol.